The summed E-state index contributed by atoms with van der Waals surface area (Å²) in [6, 6.07) is 15.0. The maximum Gasteiger partial charge on any atom is 0.278 e. The van der Waals surface area contributed by atoms with Gasteiger partial charge in [0.2, 0.25) is 0 Å². The van der Waals surface area contributed by atoms with Crippen LogP contribution in [0.15, 0.2) is 48.5 Å². The molecule has 7 heteroatoms. The first-order valence-corrected chi connectivity index (χ1v) is 9.25. The average molecular weight is 384 g/mol. The van der Waals surface area contributed by atoms with E-state index < -0.39 is 0 Å². The van der Waals surface area contributed by atoms with Crippen molar-refractivity contribution in [2.24, 2.45) is 0 Å². The number of anilines is 2. The second kappa shape index (κ2) is 8.22. The molecule has 140 valence electrons. The van der Waals surface area contributed by atoms with Gasteiger partial charge >= 0.3 is 0 Å². The molecular formula is C20H22ClN5O. The van der Waals surface area contributed by atoms with Crippen molar-refractivity contribution in [3.8, 4) is 5.69 Å². The number of nitrogens with one attached hydrogen (secondary N) is 1. The van der Waals surface area contributed by atoms with Crippen LogP contribution in [-0.2, 0) is 0 Å². The Bertz CT molecular complexity index is 932. The highest BCUT2D eigenvalue weighted by atomic mass is 35.5. The Morgan fingerprint density at radius 1 is 1.15 bits per heavy atom. The van der Waals surface area contributed by atoms with Crippen molar-refractivity contribution in [3.05, 3.63) is 64.9 Å². The summed E-state index contributed by atoms with van der Waals surface area (Å²) in [5.74, 6) is -0.295. The Morgan fingerprint density at radius 3 is 2.48 bits per heavy atom. The highest BCUT2D eigenvalue weighted by molar-refractivity contribution is 6.30. The van der Waals surface area contributed by atoms with Crippen LogP contribution >= 0.6 is 11.6 Å². The number of nitrogens with zero attached hydrogens (tertiary/aromatic N) is 4. The van der Waals surface area contributed by atoms with E-state index >= 15 is 0 Å². The standard InChI is InChI=1S/C20H22ClN5O/c1-4-25(5-2)17-11-9-16(10-12-17)22-20(27)19-14(3)26(24-23-19)18-8-6-7-15(21)13-18/h6-13H,4-5H2,1-3H3,(H,22,27). The molecule has 0 radical (unpaired) electrons. The van der Waals surface area contributed by atoms with Crippen LogP contribution in [-0.4, -0.2) is 34.0 Å². The van der Waals surface area contributed by atoms with Gasteiger partial charge in [0.05, 0.1) is 11.4 Å². The fourth-order valence-corrected chi connectivity index (χ4v) is 3.11. The van der Waals surface area contributed by atoms with Crippen molar-refractivity contribution in [1.29, 1.82) is 0 Å². The van der Waals surface area contributed by atoms with E-state index in [1.54, 1.807) is 23.7 Å². The number of carbonyl (C=O) groups is 1. The van der Waals surface area contributed by atoms with Gasteiger partial charge in [0.1, 0.15) is 0 Å². The Hall–Kier alpha value is -2.86. The van der Waals surface area contributed by atoms with Gasteiger partial charge in [0, 0.05) is 29.5 Å². The summed E-state index contributed by atoms with van der Waals surface area (Å²) >= 11 is 6.04. The maximum atomic E-state index is 12.6. The number of carbonyl (C=O) groups excluding carboxylic acids is 1. The lowest BCUT2D eigenvalue weighted by atomic mass is 10.2. The van der Waals surface area contributed by atoms with Crippen molar-refractivity contribution in [2.75, 3.05) is 23.3 Å². The molecule has 1 aromatic heterocycles. The zero-order chi connectivity index (χ0) is 19.4. The third-order valence-electron chi connectivity index (χ3n) is 4.42. The Balaban J connectivity index is 1.77. The fourth-order valence-electron chi connectivity index (χ4n) is 2.93. The number of hydrogen-bond acceptors (Lipinski definition) is 4. The van der Waals surface area contributed by atoms with Gasteiger partial charge in [-0.3, -0.25) is 4.79 Å². The van der Waals surface area contributed by atoms with E-state index in [4.69, 9.17) is 11.6 Å². The quantitative estimate of drug-likeness (QED) is 0.688. The largest absolute Gasteiger partial charge is 0.372 e. The van der Waals surface area contributed by atoms with Gasteiger partial charge in [0.15, 0.2) is 5.69 Å². The molecule has 1 amide bonds. The summed E-state index contributed by atoms with van der Waals surface area (Å²) in [4.78, 5) is 14.9. The number of amides is 1. The number of hydrogen-bond donors (Lipinski definition) is 1. The summed E-state index contributed by atoms with van der Waals surface area (Å²) < 4.78 is 1.60. The van der Waals surface area contributed by atoms with Crippen LogP contribution in [0.3, 0.4) is 0 Å². The zero-order valence-electron chi connectivity index (χ0n) is 15.6. The van der Waals surface area contributed by atoms with Crippen molar-refractivity contribution < 1.29 is 4.79 Å². The summed E-state index contributed by atoms with van der Waals surface area (Å²) in [5.41, 5.74) is 3.53. The normalized spacial score (nSPS) is 10.7. The molecule has 1 N–H and O–H groups in total. The first-order valence-electron chi connectivity index (χ1n) is 8.88. The van der Waals surface area contributed by atoms with Crippen LogP contribution in [0, 0.1) is 6.92 Å². The van der Waals surface area contributed by atoms with Gasteiger partial charge in [-0.2, -0.15) is 0 Å². The second-order valence-electron chi connectivity index (χ2n) is 6.09. The molecule has 3 rings (SSSR count). The smallest absolute Gasteiger partial charge is 0.278 e. The van der Waals surface area contributed by atoms with Crippen molar-refractivity contribution >= 4 is 28.9 Å². The van der Waals surface area contributed by atoms with E-state index in [0.717, 1.165) is 24.5 Å². The second-order valence-corrected chi connectivity index (χ2v) is 6.52. The lowest BCUT2D eigenvalue weighted by molar-refractivity contribution is 0.102. The van der Waals surface area contributed by atoms with E-state index in [0.29, 0.717) is 16.4 Å². The van der Waals surface area contributed by atoms with Gasteiger partial charge in [-0.05, 0) is 63.2 Å². The monoisotopic (exact) mass is 383 g/mol. The lowest BCUT2D eigenvalue weighted by Crippen LogP contribution is -2.21. The Kier molecular flexibility index (Phi) is 5.76. The number of aromatic nitrogens is 3. The molecule has 0 aliphatic heterocycles. The minimum Gasteiger partial charge on any atom is -0.372 e. The third kappa shape index (κ3) is 4.11. The van der Waals surface area contributed by atoms with Crippen molar-refractivity contribution in [1.82, 2.24) is 15.0 Å². The molecule has 6 nitrogen and oxygen atoms in total. The Labute approximate surface area is 163 Å². The topological polar surface area (TPSA) is 63.1 Å². The zero-order valence-corrected chi connectivity index (χ0v) is 16.4. The van der Waals surface area contributed by atoms with Crippen LogP contribution in [0.1, 0.15) is 30.0 Å². The molecule has 27 heavy (non-hydrogen) atoms. The number of halogens is 1. The predicted molar refractivity (Wildman–Crippen MR) is 109 cm³/mol. The molecule has 1 heterocycles. The number of rotatable bonds is 6. The van der Waals surface area contributed by atoms with Crippen molar-refractivity contribution in [2.45, 2.75) is 20.8 Å². The molecule has 2 aromatic carbocycles. The van der Waals surface area contributed by atoms with Gasteiger partial charge in [-0.1, -0.05) is 22.9 Å². The molecule has 0 atom stereocenters. The van der Waals surface area contributed by atoms with Gasteiger partial charge < -0.3 is 10.2 Å². The third-order valence-corrected chi connectivity index (χ3v) is 4.65. The van der Waals surface area contributed by atoms with Crippen LogP contribution in [0.5, 0.6) is 0 Å². The molecule has 0 unspecified atom stereocenters. The maximum absolute atomic E-state index is 12.6. The van der Waals surface area contributed by atoms with Gasteiger partial charge in [0.25, 0.3) is 5.91 Å². The summed E-state index contributed by atoms with van der Waals surface area (Å²) in [7, 11) is 0. The van der Waals surface area contributed by atoms with E-state index in [1.807, 2.05) is 36.4 Å². The molecule has 0 spiro atoms. The summed E-state index contributed by atoms with van der Waals surface area (Å²) in [5, 5.41) is 11.6. The first kappa shape index (κ1) is 18.9. The van der Waals surface area contributed by atoms with E-state index in [-0.39, 0.29) is 11.6 Å². The van der Waals surface area contributed by atoms with Crippen LogP contribution < -0.4 is 10.2 Å². The molecule has 0 aliphatic carbocycles. The van der Waals surface area contributed by atoms with Crippen LogP contribution in [0.25, 0.3) is 5.69 Å². The van der Waals surface area contributed by atoms with Gasteiger partial charge in [-0.15, -0.1) is 5.10 Å². The Morgan fingerprint density at radius 2 is 1.85 bits per heavy atom. The number of benzene rings is 2. The molecule has 3 aromatic rings. The SMILES string of the molecule is CCN(CC)c1ccc(NC(=O)c2nnn(-c3cccc(Cl)c3)c2C)cc1. The summed E-state index contributed by atoms with van der Waals surface area (Å²) in [6.45, 7) is 7.91. The molecule has 0 saturated carbocycles. The first-order chi connectivity index (χ1) is 13.0. The average Bonchev–Trinajstić information content (AvgIpc) is 3.05. The lowest BCUT2D eigenvalue weighted by Gasteiger charge is -2.21. The predicted octanol–water partition coefficient (Wildman–Crippen LogP) is 4.33. The van der Waals surface area contributed by atoms with Crippen LogP contribution in [0.2, 0.25) is 5.02 Å². The molecule has 0 bridgehead atoms. The molecule has 0 aliphatic rings. The van der Waals surface area contributed by atoms with Gasteiger partial charge in [-0.25, -0.2) is 4.68 Å². The molecule has 0 saturated heterocycles. The molecular weight excluding hydrogens is 362 g/mol. The summed E-state index contributed by atoms with van der Waals surface area (Å²) in [6.07, 6.45) is 0. The molecule has 0 fully saturated rings. The minimum atomic E-state index is -0.295. The van der Waals surface area contributed by atoms with Crippen molar-refractivity contribution in [3.63, 3.8) is 0 Å². The minimum absolute atomic E-state index is 0.280. The van der Waals surface area contributed by atoms with E-state index in [9.17, 15) is 4.79 Å². The highest BCUT2D eigenvalue weighted by Gasteiger charge is 2.17. The van der Waals surface area contributed by atoms with E-state index in [2.05, 4.69) is 34.4 Å². The van der Waals surface area contributed by atoms with Crippen LogP contribution in [0.4, 0.5) is 11.4 Å². The highest BCUT2D eigenvalue weighted by Crippen LogP contribution is 2.20. The fraction of sp³-hybridized carbons (Fsp3) is 0.250. The van der Waals surface area contributed by atoms with E-state index in [1.165, 1.54) is 0 Å².